The first-order valence-corrected chi connectivity index (χ1v) is 14.1. The Morgan fingerprint density at radius 3 is 2.61 bits per heavy atom. The normalized spacial score (nSPS) is 17.6. The third kappa shape index (κ3) is 10.5. The maximum absolute atomic E-state index is 11.9. The standard InChI is InChI=1S/C31H44N5O2/c1-2-3-4-5-6-8-14-25(17-16-24-12-9-7-10-13-24)18-19-27(35-29-15-11-21-33-29)26(23-30(37)38)28-20-22-34-31(32)36-28/h7,9-13,15-17,21,23,25,27-28,33H,2-6,8,14,18-20,22H2,1H3,(H,37,38)(H3,32,34,36)/q-1. The van der Waals surface area contributed by atoms with Crippen molar-refractivity contribution in [1.82, 2.24) is 10.3 Å². The number of aliphatic imine (C=N–C) groups is 1. The van der Waals surface area contributed by atoms with Crippen LogP contribution in [0.4, 0.5) is 5.82 Å². The highest BCUT2D eigenvalue weighted by Gasteiger charge is 2.25. The number of carboxylic acid groups (broad SMARTS) is 1. The summed E-state index contributed by atoms with van der Waals surface area (Å²) < 4.78 is 0. The number of hydrogen-bond acceptors (Lipinski definition) is 4. The van der Waals surface area contributed by atoms with E-state index in [1.165, 1.54) is 50.2 Å². The van der Waals surface area contributed by atoms with E-state index < -0.39 is 5.97 Å². The minimum Gasteiger partial charge on any atom is -0.478 e. The summed E-state index contributed by atoms with van der Waals surface area (Å²) in [4.78, 5) is 19.2. The summed E-state index contributed by atoms with van der Waals surface area (Å²) in [5, 5.41) is 17.9. The van der Waals surface area contributed by atoms with Crippen molar-refractivity contribution in [3.8, 4) is 0 Å². The molecule has 0 saturated heterocycles. The molecule has 0 spiro atoms. The number of benzene rings is 1. The van der Waals surface area contributed by atoms with Crippen LogP contribution in [0.15, 0.2) is 71.4 Å². The first-order valence-electron chi connectivity index (χ1n) is 14.1. The fraction of sp³-hybridized carbons (Fsp3) is 0.484. The van der Waals surface area contributed by atoms with Crippen molar-refractivity contribution >= 4 is 23.8 Å². The Kier molecular flexibility index (Phi) is 12.5. The first-order chi connectivity index (χ1) is 18.5. The van der Waals surface area contributed by atoms with Gasteiger partial charge in [-0.25, -0.2) is 4.79 Å². The Hall–Kier alpha value is -3.48. The van der Waals surface area contributed by atoms with Gasteiger partial charge in [-0.05, 0) is 48.8 Å². The third-order valence-electron chi connectivity index (χ3n) is 7.08. The molecule has 3 atom stereocenters. The van der Waals surface area contributed by atoms with E-state index >= 15 is 0 Å². The molecule has 7 nitrogen and oxygen atoms in total. The van der Waals surface area contributed by atoms with Crippen molar-refractivity contribution in [2.24, 2.45) is 16.6 Å². The molecule has 0 fully saturated rings. The first kappa shape index (κ1) is 29.1. The van der Waals surface area contributed by atoms with Crippen LogP contribution in [-0.4, -0.2) is 40.6 Å². The summed E-state index contributed by atoms with van der Waals surface area (Å²) in [5.41, 5.74) is 7.90. The smallest absolute Gasteiger partial charge is 0.328 e. The fourth-order valence-corrected chi connectivity index (χ4v) is 5.01. The molecule has 1 aliphatic rings. The van der Waals surface area contributed by atoms with Gasteiger partial charge in [0.15, 0.2) is 5.96 Å². The van der Waals surface area contributed by atoms with E-state index in [2.05, 4.69) is 58.6 Å². The van der Waals surface area contributed by atoms with Crippen LogP contribution in [-0.2, 0) is 4.79 Å². The van der Waals surface area contributed by atoms with Crippen LogP contribution in [0, 0.1) is 5.92 Å². The number of carbonyl (C=O) groups is 1. The fourth-order valence-electron chi connectivity index (χ4n) is 5.01. The number of aromatic amines is 1. The molecule has 0 amide bonds. The molecule has 5 N–H and O–H groups in total. The number of carboxylic acids is 1. The monoisotopic (exact) mass is 518 g/mol. The Labute approximate surface area is 227 Å². The van der Waals surface area contributed by atoms with E-state index in [1.807, 2.05) is 24.4 Å². The molecule has 2 aromatic rings. The highest BCUT2D eigenvalue weighted by molar-refractivity contribution is 5.83. The summed E-state index contributed by atoms with van der Waals surface area (Å²) in [5.74, 6) is 0.515. The van der Waals surface area contributed by atoms with Gasteiger partial charge in [0.05, 0.1) is 6.04 Å². The summed E-state index contributed by atoms with van der Waals surface area (Å²) in [6, 6.07) is 13.7. The zero-order valence-electron chi connectivity index (χ0n) is 22.7. The van der Waals surface area contributed by atoms with Crippen molar-refractivity contribution < 1.29 is 9.90 Å². The summed E-state index contributed by atoms with van der Waals surface area (Å²) in [6.45, 7) is 2.81. The van der Waals surface area contributed by atoms with Gasteiger partial charge in [0, 0.05) is 12.6 Å². The van der Waals surface area contributed by atoms with Gasteiger partial charge >= 0.3 is 5.97 Å². The molecule has 1 aromatic carbocycles. The number of nitrogens with two attached hydrogens (primary N) is 1. The lowest BCUT2D eigenvalue weighted by Crippen LogP contribution is -2.46. The van der Waals surface area contributed by atoms with Gasteiger partial charge in [0.2, 0.25) is 0 Å². The second kappa shape index (κ2) is 16.4. The number of nitrogens with zero attached hydrogens (tertiary/aromatic N) is 2. The van der Waals surface area contributed by atoms with E-state index in [4.69, 9.17) is 11.1 Å². The third-order valence-corrected chi connectivity index (χ3v) is 7.08. The lowest BCUT2D eigenvalue weighted by atomic mass is 9.87. The van der Waals surface area contributed by atoms with Gasteiger partial charge in [-0.15, -0.1) is 0 Å². The number of H-pyrrole nitrogens is 1. The van der Waals surface area contributed by atoms with Crippen LogP contribution in [0.5, 0.6) is 0 Å². The molecular formula is C31H44N5O2-. The predicted octanol–water partition coefficient (Wildman–Crippen LogP) is 6.94. The van der Waals surface area contributed by atoms with Gasteiger partial charge in [-0.3, -0.25) is 4.99 Å². The zero-order chi connectivity index (χ0) is 27.0. The van der Waals surface area contributed by atoms with Crippen LogP contribution < -0.4 is 11.1 Å². The second-order valence-corrected chi connectivity index (χ2v) is 10.1. The highest BCUT2D eigenvalue weighted by atomic mass is 16.4. The van der Waals surface area contributed by atoms with Crippen molar-refractivity contribution in [2.75, 3.05) is 6.54 Å². The quantitative estimate of drug-likeness (QED) is 0.134. The molecule has 0 radical (unpaired) electrons. The lowest BCUT2D eigenvalue weighted by molar-refractivity contribution is -0.131. The van der Waals surface area contributed by atoms with E-state index in [9.17, 15) is 9.90 Å². The molecule has 1 aromatic heterocycles. The summed E-state index contributed by atoms with van der Waals surface area (Å²) in [6.07, 6.45) is 18.8. The Bertz CT molecular complexity index is 1030. The number of allylic oxidation sites excluding steroid dienone is 1. The maximum Gasteiger partial charge on any atom is 0.328 e. The highest BCUT2D eigenvalue weighted by Crippen LogP contribution is 2.32. The van der Waals surface area contributed by atoms with Gasteiger partial charge in [0.25, 0.3) is 0 Å². The van der Waals surface area contributed by atoms with Crippen LogP contribution in [0.2, 0.25) is 0 Å². The number of aliphatic carboxylic acids is 1. The number of unbranched alkanes of at least 4 members (excludes halogenated alkanes) is 5. The molecule has 3 unspecified atom stereocenters. The van der Waals surface area contributed by atoms with Crippen molar-refractivity contribution in [2.45, 2.75) is 83.2 Å². The average Bonchev–Trinajstić information content (AvgIpc) is 3.43. The molecule has 38 heavy (non-hydrogen) atoms. The number of rotatable bonds is 17. The Morgan fingerprint density at radius 1 is 1.11 bits per heavy atom. The molecule has 206 valence electrons. The van der Waals surface area contributed by atoms with Crippen LogP contribution in [0.3, 0.4) is 0 Å². The van der Waals surface area contributed by atoms with E-state index in [0.717, 1.165) is 30.7 Å². The minimum absolute atomic E-state index is 0.204. The van der Waals surface area contributed by atoms with Crippen LogP contribution in [0.1, 0.15) is 76.7 Å². The topological polar surface area (TPSA) is 118 Å². The average molecular weight is 519 g/mol. The van der Waals surface area contributed by atoms with Gasteiger partial charge in [-0.2, -0.15) is 0 Å². The van der Waals surface area contributed by atoms with Crippen molar-refractivity contribution in [3.05, 3.63) is 77.3 Å². The second-order valence-electron chi connectivity index (χ2n) is 10.1. The van der Waals surface area contributed by atoms with Gasteiger partial charge < -0.3 is 26.5 Å². The Morgan fingerprint density at radius 2 is 1.89 bits per heavy atom. The number of nitrogens with one attached hydrogen (secondary N) is 2. The molecule has 2 heterocycles. The van der Waals surface area contributed by atoms with Crippen LogP contribution >= 0.6 is 0 Å². The van der Waals surface area contributed by atoms with E-state index in [0.29, 0.717) is 24.8 Å². The minimum atomic E-state index is -0.970. The largest absolute Gasteiger partial charge is 0.478 e. The zero-order valence-corrected chi connectivity index (χ0v) is 22.7. The number of aromatic nitrogens is 1. The summed E-state index contributed by atoms with van der Waals surface area (Å²) in [7, 11) is 0. The molecule has 0 aliphatic carbocycles. The maximum atomic E-state index is 11.9. The van der Waals surface area contributed by atoms with Crippen molar-refractivity contribution in [3.63, 3.8) is 0 Å². The SMILES string of the molecule is CCCCCCCCC(C=Cc1ccccc1)CCC([N-]c1ccc[nH]1)C(=CC(=O)O)C1CCN=C(N)N1. The van der Waals surface area contributed by atoms with Crippen molar-refractivity contribution in [1.29, 1.82) is 0 Å². The van der Waals surface area contributed by atoms with Crippen LogP contribution in [0.25, 0.3) is 11.4 Å². The predicted molar refractivity (Wildman–Crippen MR) is 158 cm³/mol. The van der Waals surface area contributed by atoms with E-state index in [1.54, 1.807) is 0 Å². The summed E-state index contributed by atoms with van der Waals surface area (Å²) >= 11 is 0. The molecule has 7 heteroatoms. The number of hydrogen-bond donors (Lipinski definition) is 4. The lowest BCUT2D eigenvalue weighted by Gasteiger charge is -2.35. The molecule has 1 aliphatic heterocycles. The molecule has 3 rings (SSSR count). The van der Waals surface area contributed by atoms with Gasteiger partial charge in [0.1, 0.15) is 0 Å². The van der Waals surface area contributed by atoms with E-state index in [-0.39, 0.29) is 12.1 Å². The number of guanidine groups is 1. The van der Waals surface area contributed by atoms with Gasteiger partial charge in [-0.1, -0.05) is 112 Å². The Balaban J connectivity index is 1.75. The molecule has 0 bridgehead atoms. The molecular weight excluding hydrogens is 474 g/mol. The molecule has 0 saturated carbocycles.